The van der Waals surface area contributed by atoms with Gasteiger partial charge in [0.15, 0.2) is 5.69 Å². The number of hydrogen-bond acceptors (Lipinski definition) is 5. The van der Waals surface area contributed by atoms with Gasteiger partial charge in [-0.2, -0.15) is 0 Å². The minimum absolute atomic E-state index is 0.0887. The third-order valence-electron chi connectivity index (χ3n) is 1.52. The summed E-state index contributed by atoms with van der Waals surface area (Å²) in [7, 11) is 1.42. The van der Waals surface area contributed by atoms with Crippen molar-refractivity contribution in [2.45, 2.75) is 0 Å². The van der Waals surface area contributed by atoms with E-state index in [0.29, 0.717) is 5.75 Å². The monoisotopic (exact) mass is 215 g/mol. The molecule has 0 fully saturated rings. The lowest BCUT2D eigenvalue weighted by Gasteiger charge is -2.00. The van der Waals surface area contributed by atoms with Gasteiger partial charge in [0.2, 0.25) is 0 Å². The van der Waals surface area contributed by atoms with E-state index in [1.54, 1.807) is 0 Å². The number of hydrogen-bond donors (Lipinski definition) is 0. The van der Waals surface area contributed by atoms with Crippen LogP contribution >= 0.6 is 11.8 Å². The van der Waals surface area contributed by atoms with Crippen molar-refractivity contribution in [1.82, 2.24) is 0 Å². The first-order valence-corrected chi connectivity index (χ1v) is 3.87. The molecular weight excluding hydrogens is 210 g/mol. The normalized spacial score (nSPS) is 10.4. The van der Waals surface area contributed by atoms with Crippen LogP contribution in [-0.4, -0.2) is 12.0 Å². The SMILES string of the molecule is COc1ccc(N=NCl)c([N+](=O)[O-])c1. The highest BCUT2D eigenvalue weighted by Gasteiger charge is 2.14. The molecule has 0 aliphatic rings. The van der Waals surface area contributed by atoms with Crippen LogP contribution in [0.4, 0.5) is 11.4 Å². The van der Waals surface area contributed by atoms with E-state index in [4.69, 9.17) is 16.5 Å². The fourth-order valence-corrected chi connectivity index (χ4v) is 0.983. The fraction of sp³-hybridized carbons (Fsp3) is 0.143. The van der Waals surface area contributed by atoms with Gasteiger partial charge in [0.1, 0.15) is 5.75 Å². The molecule has 74 valence electrons. The van der Waals surface area contributed by atoms with Gasteiger partial charge in [-0.05, 0) is 12.1 Å². The number of halogens is 1. The molecule has 0 spiro atoms. The van der Waals surface area contributed by atoms with E-state index in [1.165, 1.54) is 25.3 Å². The van der Waals surface area contributed by atoms with Gasteiger partial charge in [-0.1, -0.05) is 4.63 Å². The molecule has 0 aliphatic carbocycles. The molecule has 0 atom stereocenters. The van der Waals surface area contributed by atoms with Crippen LogP contribution < -0.4 is 4.74 Å². The molecule has 0 N–H and O–H groups in total. The maximum absolute atomic E-state index is 10.6. The maximum atomic E-state index is 10.6. The molecule has 1 aromatic rings. The van der Waals surface area contributed by atoms with E-state index in [9.17, 15) is 10.1 Å². The van der Waals surface area contributed by atoms with E-state index in [2.05, 4.69) is 9.75 Å². The van der Waals surface area contributed by atoms with Crippen LogP contribution in [-0.2, 0) is 0 Å². The molecule has 1 aromatic carbocycles. The summed E-state index contributed by atoms with van der Waals surface area (Å²) in [6.45, 7) is 0. The summed E-state index contributed by atoms with van der Waals surface area (Å²) in [5.74, 6) is 0.380. The van der Waals surface area contributed by atoms with Crippen molar-refractivity contribution in [2.24, 2.45) is 9.75 Å². The second-order valence-electron chi connectivity index (χ2n) is 2.29. The van der Waals surface area contributed by atoms with Gasteiger partial charge in [0, 0.05) is 0 Å². The second kappa shape index (κ2) is 4.52. The summed E-state index contributed by atoms with van der Waals surface area (Å²) in [6, 6.07) is 4.19. The van der Waals surface area contributed by atoms with E-state index >= 15 is 0 Å². The quantitative estimate of drug-likeness (QED) is 0.442. The lowest BCUT2D eigenvalue weighted by Crippen LogP contribution is -1.90. The number of methoxy groups -OCH3 is 1. The van der Waals surface area contributed by atoms with Gasteiger partial charge in [0.25, 0.3) is 5.69 Å². The number of ether oxygens (including phenoxy) is 1. The molecule has 0 bridgehead atoms. The first-order chi connectivity index (χ1) is 6.69. The second-order valence-corrected chi connectivity index (χ2v) is 2.44. The molecule has 0 aromatic heterocycles. The lowest BCUT2D eigenvalue weighted by atomic mass is 10.2. The van der Waals surface area contributed by atoms with E-state index < -0.39 is 4.92 Å². The summed E-state index contributed by atoms with van der Waals surface area (Å²) < 4.78 is 7.78. The molecule has 1 rings (SSSR count). The van der Waals surface area contributed by atoms with Crippen LogP contribution in [0.15, 0.2) is 27.9 Å². The van der Waals surface area contributed by atoms with Gasteiger partial charge >= 0.3 is 0 Å². The molecule has 0 unspecified atom stereocenters. The van der Waals surface area contributed by atoms with Crippen molar-refractivity contribution < 1.29 is 9.66 Å². The Hall–Kier alpha value is -1.69. The van der Waals surface area contributed by atoms with Crippen LogP contribution in [0.1, 0.15) is 0 Å². The highest BCUT2D eigenvalue weighted by molar-refractivity contribution is 6.14. The van der Waals surface area contributed by atoms with E-state index in [0.717, 1.165) is 0 Å². The Balaban J connectivity index is 3.23. The zero-order chi connectivity index (χ0) is 10.6. The van der Waals surface area contributed by atoms with Crippen LogP contribution in [0.25, 0.3) is 0 Å². The Bertz CT molecular complexity index is 380. The largest absolute Gasteiger partial charge is 0.496 e. The molecule has 0 aliphatic heterocycles. The van der Waals surface area contributed by atoms with Gasteiger partial charge < -0.3 is 4.74 Å². The number of benzene rings is 1. The summed E-state index contributed by atoms with van der Waals surface area (Å²) in [6.07, 6.45) is 0. The van der Waals surface area contributed by atoms with Crippen molar-refractivity contribution in [3.8, 4) is 5.75 Å². The van der Waals surface area contributed by atoms with Crippen molar-refractivity contribution in [2.75, 3.05) is 7.11 Å². The molecule has 6 nitrogen and oxygen atoms in total. The third kappa shape index (κ3) is 2.17. The standard InChI is InChI=1S/C7H6ClN3O3/c1-14-5-2-3-6(9-10-8)7(4-5)11(12)13/h2-4H,1H3. The van der Waals surface area contributed by atoms with Crippen molar-refractivity contribution >= 4 is 23.2 Å². The van der Waals surface area contributed by atoms with Gasteiger partial charge in [-0.25, -0.2) is 0 Å². The maximum Gasteiger partial charge on any atom is 0.300 e. The molecule has 0 amide bonds. The summed E-state index contributed by atoms with van der Waals surface area (Å²) >= 11 is 4.99. The number of rotatable bonds is 3. The van der Waals surface area contributed by atoms with Crippen LogP contribution in [0.3, 0.4) is 0 Å². The van der Waals surface area contributed by atoms with E-state index in [-0.39, 0.29) is 11.4 Å². The molecular formula is C7H6ClN3O3. The van der Waals surface area contributed by atoms with Crippen LogP contribution in [0.5, 0.6) is 5.75 Å². The Morgan fingerprint density at radius 2 is 2.29 bits per heavy atom. The van der Waals surface area contributed by atoms with Crippen molar-refractivity contribution in [3.05, 3.63) is 28.3 Å². The van der Waals surface area contributed by atoms with Crippen LogP contribution in [0, 0.1) is 10.1 Å². The molecule has 0 radical (unpaired) electrons. The summed E-state index contributed by atoms with van der Waals surface area (Å²) in [5, 5.41) is 14.0. The molecule has 0 saturated carbocycles. The van der Waals surface area contributed by atoms with Crippen molar-refractivity contribution in [1.29, 1.82) is 0 Å². The van der Waals surface area contributed by atoms with Crippen molar-refractivity contribution in [3.63, 3.8) is 0 Å². The predicted octanol–water partition coefficient (Wildman–Crippen LogP) is 2.84. The minimum Gasteiger partial charge on any atom is -0.496 e. The zero-order valence-electron chi connectivity index (χ0n) is 7.18. The first kappa shape index (κ1) is 10.4. The topological polar surface area (TPSA) is 77.1 Å². The first-order valence-electron chi connectivity index (χ1n) is 3.53. The Morgan fingerprint density at radius 1 is 1.57 bits per heavy atom. The number of nitrogens with zero attached hydrogens (tertiary/aromatic N) is 3. The summed E-state index contributed by atoms with van der Waals surface area (Å²) in [5.41, 5.74) is -0.112. The fourth-order valence-electron chi connectivity index (χ4n) is 0.902. The average Bonchev–Trinajstić information content (AvgIpc) is 2.18. The highest BCUT2D eigenvalue weighted by atomic mass is 35.5. The Labute approximate surface area is 84.4 Å². The molecule has 0 heterocycles. The minimum atomic E-state index is -0.580. The Kier molecular flexibility index (Phi) is 3.35. The van der Waals surface area contributed by atoms with E-state index in [1.807, 2.05) is 0 Å². The van der Waals surface area contributed by atoms with Gasteiger partial charge in [0.05, 0.1) is 29.9 Å². The highest BCUT2D eigenvalue weighted by Crippen LogP contribution is 2.31. The van der Waals surface area contributed by atoms with Gasteiger partial charge in [-0.3, -0.25) is 10.1 Å². The molecule has 7 heteroatoms. The summed E-state index contributed by atoms with van der Waals surface area (Å²) in [4.78, 5) is 9.99. The Morgan fingerprint density at radius 3 is 2.79 bits per heavy atom. The van der Waals surface area contributed by atoms with Gasteiger partial charge in [-0.15, -0.1) is 5.11 Å². The predicted molar refractivity (Wildman–Crippen MR) is 50.0 cm³/mol. The average molecular weight is 216 g/mol. The smallest absolute Gasteiger partial charge is 0.300 e. The number of nitro groups is 1. The third-order valence-corrected chi connectivity index (χ3v) is 1.60. The van der Waals surface area contributed by atoms with Crippen LogP contribution in [0.2, 0.25) is 0 Å². The lowest BCUT2D eigenvalue weighted by molar-refractivity contribution is -0.384. The number of nitro benzene ring substituents is 1. The molecule has 14 heavy (non-hydrogen) atoms. The zero-order valence-corrected chi connectivity index (χ0v) is 7.93. The molecule has 0 saturated heterocycles.